The van der Waals surface area contributed by atoms with Gasteiger partial charge in [0.25, 0.3) is 0 Å². The fourth-order valence-corrected chi connectivity index (χ4v) is 5.69. The van der Waals surface area contributed by atoms with E-state index in [1.165, 1.54) is 0 Å². The second-order valence-electron chi connectivity index (χ2n) is 7.87. The van der Waals surface area contributed by atoms with Gasteiger partial charge in [-0.05, 0) is 53.9 Å². The van der Waals surface area contributed by atoms with Crippen LogP contribution in [0.25, 0.3) is 0 Å². The molecule has 2 bridgehead atoms. The molecule has 1 aliphatic carbocycles. The van der Waals surface area contributed by atoms with E-state index in [1.54, 1.807) is 24.3 Å². The van der Waals surface area contributed by atoms with Gasteiger partial charge >= 0.3 is 0 Å². The van der Waals surface area contributed by atoms with E-state index in [2.05, 4.69) is 6.07 Å². The Morgan fingerprint density at radius 2 is 1.61 bits per heavy atom. The number of benzene rings is 3. The van der Waals surface area contributed by atoms with Crippen LogP contribution < -0.4 is 4.90 Å². The first-order valence-corrected chi connectivity index (χ1v) is 11.0. The van der Waals surface area contributed by atoms with E-state index in [4.69, 9.17) is 35.4 Å². The molecule has 3 atom stereocenters. The number of rotatable bonds is 3. The minimum Gasteiger partial charge on any atom is -0.328 e. The van der Waals surface area contributed by atoms with Crippen LogP contribution in [0.3, 0.4) is 0 Å². The van der Waals surface area contributed by atoms with Gasteiger partial charge in [0.2, 0.25) is 0 Å². The van der Waals surface area contributed by atoms with Crippen molar-refractivity contribution in [3.8, 4) is 6.07 Å². The number of nitrogens with zero attached hydrogens (tertiary/aromatic N) is 2. The molecule has 152 valence electrons. The highest BCUT2D eigenvalue weighted by Gasteiger charge is 2.62. The van der Waals surface area contributed by atoms with Gasteiger partial charge in [-0.3, -0.25) is 4.79 Å². The van der Waals surface area contributed by atoms with E-state index in [0.29, 0.717) is 27.0 Å². The monoisotopic (exact) mass is 462 g/mol. The summed E-state index contributed by atoms with van der Waals surface area (Å²) in [5.74, 6) is -0.819. The lowest BCUT2D eigenvalue weighted by molar-refractivity contribution is 0.0843. The Morgan fingerprint density at radius 3 is 2.26 bits per heavy atom. The Labute approximate surface area is 195 Å². The minimum absolute atomic E-state index is 0.0951. The van der Waals surface area contributed by atoms with Crippen molar-refractivity contribution in [1.82, 2.24) is 0 Å². The summed E-state index contributed by atoms with van der Waals surface area (Å²) in [7, 11) is 0. The number of Topliss-reactive ketones (excluding diaryl/α,β-unsaturated/α-hetero) is 1. The normalized spacial score (nSPS) is 22.7. The van der Waals surface area contributed by atoms with E-state index < -0.39 is 11.3 Å². The van der Waals surface area contributed by atoms with Crippen molar-refractivity contribution in [3.63, 3.8) is 0 Å². The first-order chi connectivity index (χ1) is 15.0. The standard InChI is InChI=1S/C25H16Cl2N2OS/c26-16-7-5-15(6-8-16)21(14-28)25-13-22(19-3-1-2-4-20(19)23(25)30)29(24(25)31)18-11-9-17(27)10-12-18/h1-12,21-22H,13H2/t21-,22+,25+/m1/s1. The average molecular weight is 463 g/mol. The highest BCUT2D eigenvalue weighted by Crippen LogP contribution is 2.59. The Morgan fingerprint density at radius 1 is 1.00 bits per heavy atom. The molecule has 0 spiro atoms. The van der Waals surface area contributed by atoms with Crippen molar-refractivity contribution in [1.29, 1.82) is 5.26 Å². The smallest absolute Gasteiger partial charge is 0.177 e. The molecular formula is C25H16Cl2N2OS. The molecule has 0 aromatic heterocycles. The third-order valence-corrected chi connectivity index (χ3v) is 7.39. The van der Waals surface area contributed by atoms with Gasteiger partial charge in [-0.25, -0.2) is 0 Å². The van der Waals surface area contributed by atoms with Crippen LogP contribution in [0.4, 0.5) is 5.69 Å². The predicted molar refractivity (Wildman–Crippen MR) is 127 cm³/mol. The van der Waals surface area contributed by atoms with Crippen molar-refractivity contribution in [3.05, 3.63) is 99.5 Å². The van der Waals surface area contributed by atoms with Gasteiger partial charge in [0.05, 0.1) is 23.0 Å². The summed E-state index contributed by atoms with van der Waals surface area (Å²) in [6.45, 7) is 0. The average Bonchev–Trinajstić information content (AvgIpc) is 3.06. The highest BCUT2D eigenvalue weighted by atomic mass is 35.5. The van der Waals surface area contributed by atoms with Crippen molar-refractivity contribution in [2.45, 2.75) is 18.4 Å². The fraction of sp³-hybridized carbons (Fsp3) is 0.160. The second kappa shape index (κ2) is 7.46. The molecular weight excluding hydrogens is 447 g/mol. The zero-order valence-electron chi connectivity index (χ0n) is 16.3. The van der Waals surface area contributed by atoms with E-state index in [1.807, 2.05) is 53.4 Å². The third kappa shape index (κ3) is 2.92. The van der Waals surface area contributed by atoms with Crippen LogP contribution in [0.2, 0.25) is 10.0 Å². The van der Waals surface area contributed by atoms with Crippen molar-refractivity contribution >= 4 is 51.9 Å². The maximum atomic E-state index is 14.0. The van der Waals surface area contributed by atoms with E-state index >= 15 is 0 Å². The number of ketones is 1. The lowest BCUT2D eigenvalue weighted by Crippen LogP contribution is -2.43. The van der Waals surface area contributed by atoms with Gasteiger partial charge < -0.3 is 4.90 Å². The number of anilines is 1. The second-order valence-corrected chi connectivity index (χ2v) is 9.13. The van der Waals surface area contributed by atoms with Gasteiger partial charge in [-0.1, -0.05) is 71.8 Å². The molecule has 1 aliphatic heterocycles. The SMILES string of the molecule is N#C[C@H](c1ccc(Cl)cc1)[C@@]12C[C@@H](c3ccccc3C1=O)N(c1ccc(Cl)cc1)C2=S. The van der Waals surface area contributed by atoms with Crippen LogP contribution in [0.15, 0.2) is 72.8 Å². The summed E-state index contributed by atoms with van der Waals surface area (Å²) in [6.07, 6.45) is 0.450. The van der Waals surface area contributed by atoms with Gasteiger partial charge in [-0.15, -0.1) is 0 Å². The molecule has 0 N–H and O–H groups in total. The van der Waals surface area contributed by atoms with E-state index in [-0.39, 0.29) is 11.8 Å². The number of halogens is 2. The Kier molecular flexibility index (Phi) is 4.86. The molecule has 0 radical (unpaired) electrons. The summed E-state index contributed by atoms with van der Waals surface area (Å²) in [4.78, 5) is 16.5. The zero-order valence-corrected chi connectivity index (χ0v) is 18.6. The lowest BCUT2D eigenvalue weighted by Gasteiger charge is -2.34. The molecule has 1 saturated heterocycles. The summed E-state index contributed by atoms with van der Waals surface area (Å²) in [5.41, 5.74) is 2.03. The fourth-order valence-electron chi connectivity index (χ4n) is 4.91. The van der Waals surface area contributed by atoms with Crippen LogP contribution in [-0.2, 0) is 0 Å². The number of hydrogen-bond acceptors (Lipinski definition) is 3. The molecule has 3 nitrogen and oxygen atoms in total. The largest absolute Gasteiger partial charge is 0.328 e. The molecule has 6 heteroatoms. The number of carbonyl (C=O) groups is 1. The molecule has 1 heterocycles. The lowest BCUT2D eigenvalue weighted by atomic mass is 9.63. The maximum absolute atomic E-state index is 14.0. The van der Waals surface area contributed by atoms with E-state index in [9.17, 15) is 10.1 Å². The molecule has 0 saturated carbocycles. The summed E-state index contributed by atoms with van der Waals surface area (Å²) >= 11 is 18.2. The number of fused-ring (bicyclic) bond motifs is 4. The summed E-state index contributed by atoms with van der Waals surface area (Å²) < 4.78 is 0. The van der Waals surface area contributed by atoms with Gasteiger partial charge in [-0.2, -0.15) is 5.26 Å². The van der Waals surface area contributed by atoms with Gasteiger partial charge in [0.15, 0.2) is 5.78 Å². The van der Waals surface area contributed by atoms with Crippen LogP contribution in [-0.4, -0.2) is 10.8 Å². The first kappa shape index (κ1) is 20.2. The Balaban J connectivity index is 1.74. The molecule has 0 unspecified atom stereocenters. The molecule has 2 aliphatic rings. The van der Waals surface area contributed by atoms with E-state index in [0.717, 1.165) is 16.8 Å². The molecule has 5 rings (SSSR count). The van der Waals surface area contributed by atoms with Crippen LogP contribution in [0.5, 0.6) is 0 Å². The Hall–Kier alpha value is -2.71. The summed E-state index contributed by atoms with van der Waals surface area (Å²) in [6, 6.07) is 24.4. The molecule has 3 aromatic carbocycles. The first-order valence-electron chi connectivity index (χ1n) is 9.85. The minimum atomic E-state index is -1.13. The highest BCUT2D eigenvalue weighted by molar-refractivity contribution is 7.80. The van der Waals surface area contributed by atoms with Crippen molar-refractivity contribution < 1.29 is 4.79 Å². The molecule has 0 amide bonds. The molecule has 1 fully saturated rings. The van der Waals surface area contributed by atoms with Gasteiger partial charge in [0.1, 0.15) is 5.41 Å². The third-order valence-electron chi connectivity index (χ3n) is 6.33. The number of thiocarbonyl (C=S) groups is 1. The number of hydrogen-bond donors (Lipinski definition) is 0. The van der Waals surface area contributed by atoms with Crippen molar-refractivity contribution in [2.75, 3.05) is 4.90 Å². The van der Waals surface area contributed by atoms with Crippen LogP contribution in [0, 0.1) is 16.7 Å². The van der Waals surface area contributed by atoms with Gasteiger partial charge in [0, 0.05) is 21.3 Å². The zero-order chi connectivity index (χ0) is 21.8. The summed E-state index contributed by atoms with van der Waals surface area (Å²) in [5, 5.41) is 11.5. The van der Waals surface area contributed by atoms with Crippen LogP contribution in [0.1, 0.15) is 39.9 Å². The number of nitriles is 1. The molecule has 31 heavy (non-hydrogen) atoms. The predicted octanol–water partition coefficient (Wildman–Crippen LogP) is 6.76. The maximum Gasteiger partial charge on any atom is 0.177 e. The van der Waals surface area contributed by atoms with Crippen LogP contribution >= 0.6 is 35.4 Å². The Bertz CT molecular complexity index is 1250. The van der Waals surface area contributed by atoms with Crippen molar-refractivity contribution in [2.24, 2.45) is 5.41 Å². The topological polar surface area (TPSA) is 44.1 Å². The quantitative estimate of drug-likeness (QED) is 0.403. The number of carbonyl (C=O) groups excluding carboxylic acids is 1. The molecule has 3 aromatic rings.